The van der Waals surface area contributed by atoms with Gasteiger partial charge in [0.2, 0.25) is 0 Å². The van der Waals surface area contributed by atoms with Crippen molar-refractivity contribution < 1.29 is 4.79 Å². The number of amides is 2. The Bertz CT molecular complexity index is 581. The monoisotopic (exact) mass is 255 g/mol. The summed E-state index contributed by atoms with van der Waals surface area (Å²) >= 11 is 0. The normalized spacial score (nSPS) is 10.0. The fourth-order valence-corrected chi connectivity index (χ4v) is 1.76. The molecule has 2 rings (SSSR count). The lowest BCUT2D eigenvalue weighted by molar-refractivity contribution is 0.251. The van der Waals surface area contributed by atoms with Crippen molar-refractivity contribution in [1.29, 1.82) is 0 Å². The van der Waals surface area contributed by atoms with Gasteiger partial charge in [-0.1, -0.05) is 30.3 Å². The van der Waals surface area contributed by atoms with Crippen molar-refractivity contribution in [3.63, 3.8) is 0 Å². The molecule has 1 heterocycles. The van der Waals surface area contributed by atoms with Gasteiger partial charge in [0.25, 0.3) is 0 Å². The van der Waals surface area contributed by atoms with Gasteiger partial charge in [-0.15, -0.1) is 0 Å². The number of carbonyl (C=O) groups excluding carboxylic acids is 1. The highest BCUT2D eigenvalue weighted by atomic mass is 16.2. The summed E-state index contributed by atoms with van der Waals surface area (Å²) in [5.74, 6) is 0.558. The molecule has 0 aliphatic carbocycles. The van der Waals surface area contributed by atoms with Crippen LogP contribution < -0.4 is 10.6 Å². The van der Waals surface area contributed by atoms with Crippen LogP contribution in [0.4, 0.5) is 10.6 Å². The maximum Gasteiger partial charge on any atom is 0.320 e. The van der Waals surface area contributed by atoms with E-state index in [4.69, 9.17) is 0 Å². The second-order valence-corrected chi connectivity index (χ2v) is 4.40. The van der Waals surface area contributed by atoms with E-state index in [0.717, 1.165) is 16.8 Å². The smallest absolute Gasteiger partial charge is 0.320 e. The summed E-state index contributed by atoms with van der Waals surface area (Å²) in [6.07, 6.45) is 0. The van der Waals surface area contributed by atoms with Gasteiger partial charge < -0.3 is 5.32 Å². The first kappa shape index (κ1) is 13.1. The molecule has 19 heavy (non-hydrogen) atoms. The predicted molar refractivity (Wildman–Crippen MR) is 76.0 cm³/mol. The summed E-state index contributed by atoms with van der Waals surface area (Å²) in [7, 11) is 0. The van der Waals surface area contributed by atoms with E-state index in [0.29, 0.717) is 12.4 Å². The van der Waals surface area contributed by atoms with Crippen molar-refractivity contribution in [2.45, 2.75) is 20.4 Å². The number of carbonyl (C=O) groups is 1. The maximum atomic E-state index is 11.7. The van der Waals surface area contributed by atoms with Gasteiger partial charge in [0.05, 0.1) is 0 Å². The van der Waals surface area contributed by atoms with Crippen LogP contribution in [0.2, 0.25) is 0 Å². The minimum atomic E-state index is -0.249. The molecule has 0 saturated heterocycles. The molecule has 4 nitrogen and oxygen atoms in total. The lowest BCUT2D eigenvalue weighted by atomic mass is 10.1. The second kappa shape index (κ2) is 6.00. The fraction of sp³-hybridized carbons (Fsp3) is 0.200. The molecule has 0 aliphatic rings. The van der Waals surface area contributed by atoms with Gasteiger partial charge >= 0.3 is 6.03 Å². The van der Waals surface area contributed by atoms with Gasteiger partial charge in [-0.25, -0.2) is 9.78 Å². The number of rotatable bonds is 3. The van der Waals surface area contributed by atoms with E-state index in [2.05, 4.69) is 15.6 Å². The Morgan fingerprint density at radius 3 is 2.63 bits per heavy atom. The van der Waals surface area contributed by atoms with Crippen LogP contribution in [0, 0.1) is 13.8 Å². The zero-order valence-corrected chi connectivity index (χ0v) is 11.1. The fourth-order valence-electron chi connectivity index (χ4n) is 1.76. The number of nitrogens with one attached hydrogen (secondary N) is 2. The molecule has 0 saturated carbocycles. The molecule has 0 spiro atoms. The molecule has 0 fully saturated rings. The zero-order valence-electron chi connectivity index (χ0n) is 11.1. The summed E-state index contributed by atoms with van der Waals surface area (Å²) < 4.78 is 0. The van der Waals surface area contributed by atoms with E-state index in [9.17, 15) is 4.79 Å². The third-order valence-electron chi connectivity index (χ3n) is 2.83. The first-order chi connectivity index (χ1) is 9.15. The Balaban J connectivity index is 1.90. The van der Waals surface area contributed by atoms with Crippen LogP contribution in [0.1, 0.15) is 16.8 Å². The van der Waals surface area contributed by atoms with E-state index in [1.165, 1.54) is 0 Å². The Hall–Kier alpha value is -2.36. The number of urea groups is 1. The first-order valence-corrected chi connectivity index (χ1v) is 6.18. The van der Waals surface area contributed by atoms with Crippen LogP contribution >= 0.6 is 0 Å². The molecule has 0 aliphatic heterocycles. The van der Waals surface area contributed by atoms with E-state index in [-0.39, 0.29) is 6.03 Å². The topological polar surface area (TPSA) is 54.0 Å². The third-order valence-corrected chi connectivity index (χ3v) is 2.83. The number of nitrogens with zero attached hydrogens (tertiary/aromatic N) is 1. The van der Waals surface area contributed by atoms with E-state index in [1.54, 1.807) is 6.07 Å². The summed E-state index contributed by atoms with van der Waals surface area (Å²) in [5, 5.41) is 5.53. The highest BCUT2D eigenvalue weighted by molar-refractivity contribution is 5.88. The van der Waals surface area contributed by atoms with Crippen molar-refractivity contribution in [2.75, 3.05) is 5.32 Å². The molecule has 0 bridgehead atoms. The zero-order chi connectivity index (χ0) is 13.7. The van der Waals surface area contributed by atoms with Gasteiger partial charge in [0.15, 0.2) is 0 Å². The van der Waals surface area contributed by atoms with Gasteiger partial charge in [-0.3, -0.25) is 5.32 Å². The van der Waals surface area contributed by atoms with Gasteiger partial charge in [-0.2, -0.15) is 0 Å². The summed E-state index contributed by atoms with van der Waals surface area (Å²) in [6, 6.07) is 13.2. The summed E-state index contributed by atoms with van der Waals surface area (Å²) in [5.41, 5.74) is 3.14. The third kappa shape index (κ3) is 3.81. The highest BCUT2D eigenvalue weighted by Crippen LogP contribution is 2.07. The van der Waals surface area contributed by atoms with Crippen LogP contribution in [-0.2, 0) is 6.54 Å². The van der Waals surface area contributed by atoms with E-state index in [1.807, 2.05) is 50.2 Å². The van der Waals surface area contributed by atoms with Gasteiger partial charge in [0, 0.05) is 12.2 Å². The van der Waals surface area contributed by atoms with Gasteiger partial charge in [-0.05, 0) is 37.1 Å². The molecule has 2 N–H and O–H groups in total. The SMILES string of the molecule is Cc1cccc(NC(=O)NCc2ccccc2C)n1. The predicted octanol–water partition coefficient (Wildman–Crippen LogP) is 3.02. The summed E-state index contributed by atoms with van der Waals surface area (Å²) in [4.78, 5) is 16.0. The number of hydrogen-bond acceptors (Lipinski definition) is 2. The van der Waals surface area contributed by atoms with Crippen molar-refractivity contribution in [2.24, 2.45) is 0 Å². The lowest BCUT2D eigenvalue weighted by Gasteiger charge is -2.09. The van der Waals surface area contributed by atoms with E-state index >= 15 is 0 Å². The number of pyridine rings is 1. The van der Waals surface area contributed by atoms with Crippen molar-refractivity contribution in [3.8, 4) is 0 Å². The Labute approximate surface area is 112 Å². The standard InChI is InChI=1S/C15H17N3O/c1-11-6-3-4-8-13(11)10-16-15(19)18-14-9-5-7-12(2)17-14/h3-9H,10H2,1-2H3,(H2,16,17,18,19). The average molecular weight is 255 g/mol. The molecule has 0 atom stereocenters. The molecule has 2 amide bonds. The largest absolute Gasteiger partial charge is 0.334 e. The molecular weight excluding hydrogens is 238 g/mol. The van der Waals surface area contributed by atoms with Crippen molar-refractivity contribution in [1.82, 2.24) is 10.3 Å². The Morgan fingerprint density at radius 1 is 1.11 bits per heavy atom. The molecule has 4 heteroatoms. The molecule has 1 aromatic heterocycles. The number of anilines is 1. The minimum Gasteiger partial charge on any atom is -0.334 e. The minimum absolute atomic E-state index is 0.249. The molecule has 0 unspecified atom stereocenters. The molecule has 2 aromatic rings. The molecule has 98 valence electrons. The number of benzene rings is 1. The molecule has 1 aromatic carbocycles. The summed E-state index contributed by atoms with van der Waals surface area (Å²) in [6.45, 7) is 4.41. The maximum absolute atomic E-state index is 11.7. The van der Waals surface area contributed by atoms with E-state index < -0.39 is 0 Å². The number of hydrogen-bond donors (Lipinski definition) is 2. The number of aromatic nitrogens is 1. The Morgan fingerprint density at radius 2 is 1.89 bits per heavy atom. The molecule has 0 radical (unpaired) electrons. The average Bonchev–Trinajstić information content (AvgIpc) is 2.38. The van der Waals surface area contributed by atoms with Crippen molar-refractivity contribution >= 4 is 11.8 Å². The van der Waals surface area contributed by atoms with Crippen LogP contribution in [0.5, 0.6) is 0 Å². The highest BCUT2D eigenvalue weighted by Gasteiger charge is 2.03. The van der Waals surface area contributed by atoms with Crippen LogP contribution in [0.25, 0.3) is 0 Å². The second-order valence-electron chi connectivity index (χ2n) is 4.40. The quantitative estimate of drug-likeness (QED) is 0.885. The lowest BCUT2D eigenvalue weighted by Crippen LogP contribution is -2.28. The van der Waals surface area contributed by atoms with Crippen LogP contribution in [0.15, 0.2) is 42.5 Å². The number of aryl methyl sites for hydroxylation is 2. The molecular formula is C15H17N3O. The van der Waals surface area contributed by atoms with Crippen LogP contribution in [-0.4, -0.2) is 11.0 Å². The first-order valence-electron chi connectivity index (χ1n) is 6.18. The van der Waals surface area contributed by atoms with Crippen molar-refractivity contribution in [3.05, 3.63) is 59.3 Å². The van der Waals surface area contributed by atoms with Crippen LogP contribution in [0.3, 0.4) is 0 Å². The van der Waals surface area contributed by atoms with Gasteiger partial charge in [0.1, 0.15) is 5.82 Å². The Kier molecular flexibility index (Phi) is 4.13.